The van der Waals surface area contributed by atoms with Crippen LogP contribution in [0.3, 0.4) is 0 Å². The van der Waals surface area contributed by atoms with Gasteiger partial charge in [0.2, 0.25) is 0 Å². The second-order valence-electron chi connectivity index (χ2n) is 9.61. The molecular formula is C27H50. The van der Waals surface area contributed by atoms with Crippen LogP contribution < -0.4 is 0 Å². The molecule has 0 amide bonds. The quantitative estimate of drug-likeness (QED) is 0.483. The fourth-order valence-corrected chi connectivity index (χ4v) is 4.03. The first kappa shape index (κ1) is 24.3. The summed E-state index contributed by atoms with van der Waals surface area (Å²) >= 11 is 0. The Kier molecular flexibility index (Phi) is 12.8. The Balaban J connectivity index is 0.000000358. The van der Waals surface area contributed by atoms with Crippen LogP contribution in [0.5, 0.6) is 0 Å². The minimum atomic E-state index is 0. The second kappa shape index (κ2) is 14.3. The molecule has 0 aromatic heterocycles. The van der Waals surface area contributed by atoms with Crippen molar-refractivity contribution in [2.24, 2.45) is 23.7 Å². The normalized spacial score (nSPS) is 22.1. The van der Waals surface area contributed by atoms with Gasteiger partial charge in [-0.05, 0) is 54.1 Å². The zero-order chi connectivity index (χ0) is 20.1. The van der Waals surface area contributed by atoms with Gasteiger partial charge in [-0.25, -0.2) is 0 Å². The third kappa shape index (κ3) is 10.4. The second-order valence-corrected chi connectivity index (χ2v) is 9.61. The van der Waals surface area contributed by atoms with Gasteiger partial charge in [0.1, 0.15) is 0 Å². The minimum Gasteiger partial charge on any atom is -0.0651 e. The monoisotopic (exact) mass is 375 g/mol. The van der Waals surface area contributed by atoms with Crippen molar-refractivity contribution in [1.29, 1.82) is 0 Å². The lowest BCUT2D eigenvalue weighted by Gasteiger charge is -2.04. The summed E-state index contributed by atoms with van der Waals surface area (Å²) < 4.78 is 0. The first-order valence-corrected chi connectivity index (χ1v) is 12.0. The lowest BCUT2D eigenvalue weighted by Crippen LogP contribution is -1.95. The van der Waals surface area contributed by atoms with Crippen LogP contribution >= 0.6 is 0 Å². The van der Waals surface area contributed by atoms with Crippen LogP contribution in [0.1, 0.15) is 112 Å². The van der Waals surface area contributed by atoms with Gasteiger partial charge in [0, 0.05) is 1.43 Å². The SMILES string of the molecule is C1CC2CCCC2C1.CCC(C)C.CCC(C)C.[2HH].c1ccc2c(c1)CCC2. The molecule has 0 atom stereocenters. The van der Waals surface area contributed by atoms with Crippen molar-refractivity contribution in [2.45, 2.75) is 112 Å². The Morgan fingerprint density at radius 3 is 1.33 bits per heavy atom. The summed E-state index contributed by atoms with van der Waals surface area (Å²) in [4.78, 5) is 0. The highest BCUT2D eigenvalue weighted by molar-refractivity contribution is 5.30. The smallest absolute Gasteiger partial charge is 0 e. The maximum Gasteiger partial charge on any atom is 0 e. The molecule has 0 heterocycles. The van der Waals surface area contributed by atoms with E-state index in [0.717, 1.165) is 11.8 Å². The molecule has 0 spiro atoms. The molecule has 4 rings (SSSR count). The van der Waals surface area contributed by atoms with Gasteiger partial charge in [0.05, 0.1) is 0 Å². The van der Waals surface area contributed by atoms with E-state index in [-0.39, 0.29) is 1.43 Å². The van der Waals surface area contributed by atoms with Crippen molar-refractivity contribution in [3.63, 3.8) is 0 Å². The predicted molar refractivity (Wildman–Crippen MR) is 126 cm³/mol. The molecule has 158 valence electrons. The van der Waals surface area contributed by atoms with Crippen molar-refractivity contribution in [3.05, 3.63) is 35.4 Å². The van der Waals surface area contributed by atoms with E-state index >= 15 is 0 Å². The van der Waals surface area contributed by atoms with Gasteiger partial charge in [-0.15, -0.1) is 0 Å². The van der Waals surface area contributed by atoms with Gasteiger partial charge in [0.25, 0.3) is 0 Å². The molecule has 3 aliphatic rings. The predicted octanol–water partition coefficient (Wildman–Crippen LogP) is 9.11. The van der Waals surface area contributed by atoms with Crippen LogP contribution in [-0.2, 0) is 12.8 Å². The number of rotatable bonds is 2. The molecule has 1 aromatic carbocycles. The fraction of sp³-hybridized carbons (Fsp3) is 0.778. The first-order valence-electron chi connectivity index (χ1n) is 12.0. The first-order chi connectivity index (χ1) is 13.0. The van der Waals surface area contributed by atoms with E-state index < -0.39 is 0 Å². The molecule has 2 saturated carbocycles. The van der Waals surface area contributed by atoms with E-state index in [4.69, 9.17) is 0 Å². The highest BCUT2D eigenvalue weighted by Crippen LogP contribution is 2.43. The summed E-state index contributed by atoms with van der Waals surface area (Å²) in [5.74, 6) is 4.12. The van der Waals surface area contributed by atoms with Crippen LogP contribution in [0.15, 0.2) is 24.3 Å². The number of hydrogen-bond acceptors (Lipinski definition) is 0. The topological polar surface area (TPSA) is 0 Å². The molecule has 0 heteroatoms. The molecule has 0 N–H and O–H groups in total. The van der Waals surface area contributed by atoms with Gasteiger partial charge in [-0.2, -0.15) is 0 Å². The summed E-state index contributed by atoms with van der Waals surface area (Å²) in [5.41, 5.74) is 3.13. The molecule has 27 heavy (non-hydrogen) atoms. The van der Waals surface area contributed by atoms with E-state index in [9.17, 15) is 0 Å². The number of hydrogen-bond donors (Lipinski definition) is 0. The number of aryl methyl sites for hydroxylation is 2. The van der Waals surface area contributed by atoms with Crippen molar-refractivity contribution >= 4 is 0 Å². The van der Waals surface area contributed by atoms with Gasteiger partial charge in [-0.1, -0.05) is 117 Å². The molecule has 0 aliphatic heterocycles. The van der Waals surface area contributed by atoms with Crippen molar-refractivity contribution in [1.82, 2.24) is 0 Å². The van der Waals surface area contributed by atoms with E-state index in [1.165, 1.54) is 56.8 Å². The molecule has 3 aliphatic carbocycles. The van der Waals surface area contributed by atoms with Crippen LogP contribution in [0.4, 0.5) is 0 Å². The Bertz CT molecular complexity index is 426. The molecule has 2 fully saturated rings. The molecule has 0 nitrogen and oxygen atoms in total. The van der Waals surface area contributed by atoms with Crippen molar-refractivity contribution < 1.29 is 1.43 Å². The summed E-state index contributed by atoms with van der Waals surface area (Å²) in [6, 6.07) is 8.74. The lowest BCUT2D eigenvalue weighted by atomic mass is 10.0. The Morgan fingerprint density at radius 1 is 0.704 bits per heavy atom. The third-order valence-corrected chi connectivity index (χ3v) is 6.61. The van der Waals surface area contributed by atoms with E-state index in [1.54, 1.807) is 36.8 Å². The molecule has 0 bridgehead atoms. The maximum absolute atomic E-state index is 2.24. The molecule has 0 unspecified atom stereocenters. The van der Waals surface area contributed by atoms with Gasteiger partial charge < -0.3 is 0 Å². The van der Waals surface area contributed by atoms with E-state index in [2.05, 4.69) is 65.8 Å². The largest absolute Gasteiger partial charge is 0.0651 e. The highest BCUT2D eigenvalue weighted by Gasteiger charge is 2.30. The summed E-state index contributed by atoms with van der Waals surface area (Å²) in [6.07, 6.45) is 15.9. The zero-order valence-electron chi connectivity index (χ0n) is 19.4. The van der Waals surface area contributed by atoms with Gasteiger partial charge in [0.15, 0.2) is 0 Å². The van der Waals surface area contributed by atoms with Crippen LogP contribution in [-0.4, -0.2) is 0 Å². The minimum absolute atomic E-state index is 0. The zero-order valence-corrected chi connectivity index (χ0v) is 19.4. The molecular weight excluding hydrogens is 324 g/mol. The van der Waals surface area contributed by atoms with Crippen molar-refractivity contribution in [3.8, 4) is 0 Å². The van der Waals surface area contributed by atoms with Crippen LogP contribution in [0.2, 0.25) is 0 Å². The van der Waals surface area contributed by atoms with Crippen LogP contribution in [0.25, 0.3) is 0 Å². The summed E-state index contributed by atoms with van der Waals surface area (Å²) in [7, 11) is 0. The molecule has 1 aromatic rings. The van der Waals surface area contributed by atoms with Crippen LogP contribution in [0, 0.1) is 23.7 Å². The van der Waals surface area contributed by atoms with Gasteiger partial charge in [-0.3, -0.25) is 0 Å². The van der Waals surface area contributed by atoms with E-state index in [1.807, 2.05) is 0 Å². The fourth-order valence-electron chi connectivity index (χ4n) is 4.03. The molecule has 0 saturated heterocycles. The highest BCUT2D eigenvalue weighted by atomic mass is 14.4. The van der Waals surface area contributed by atoms with E-state index in [0.29, 0.717) is 0 Å². The standard InChI is InChI=1S/C9H10.C8H14.2C5H12.H2/c1-2-5-9-7-3-6-8(9)4-1;1-3-7-5-2-6-8(7)4-1;2*1-4-5(2)3;/h1-2,4-5H,3,6-7H2;7-8H,1-6H2;2*5H,4H2,1-3H3;1H/i;;;;1+1. The maximum atomic E-state index is 2.24. The summed E-state index contributed by atoms with van der Waals surface area (Å²) in [5, 5.41) is 0. The lowest BCUT2D eigenvalue weighted by molar-refractivity contribution is 0.457. The Labute approximate surface area is 173 Å². The Morgan fingerprint density at radius 2 is 1.04 bits per heavy atom. The molecule has 0 radical (unpaired) electrons. The third-order valence-electron chi connectivity index (χ3n) is 6.61. The van der Waals surface area contributed by atoms with Gasteiger partial charge >= 0.3 is 0 Å². The Hall–Kier alpha value is -0.780. The number of benzene rings is 1. The average molecular weight is 376 g/mol. The number of fused-ring (bicyclic) bond motifs is 2. The summed E-state index contributed by atoms with van der Waals surface area (Å²) in [6.45, 7) is 13.3. The van der Waals surface area contributed by atoms with Crippen molar-refractivity contribution in [2.75, 3.05) is 0 Å². The average Bonchev–Trinajstić information content (AvgIpc) is 3.39.